The third-order valence-electron chi connectivity index (χ3n) is 3.47. The molecule has 22 heavy (non-hydrogen) atoms. The number of rotatable bonds is 2. The summed E-state index contributed by atoms with van der Waals surface area (Å²) in [4.78, 5) is 4.45. The van der Waals surface area contributed by atoms with Crippen molar-refractivity contribution in [3.63, 3.8) is 0 Å². The van der Waals surface area contributed by atoms with Crippen molar-refractivity contribution in [3.05, 3.63) is 72.0 Å². The molecule has 0 unspecified atom stereocenters. The monoisotopic (exact) mass is 306 g/mol. The van der Waals surface area contributed by atoms with Crippen LogP contribution < -0.4 is 0 Å². The van der Waals surface area contributed by atoms with Gasteiger partial charge in [0, 0.05) is 16.0 Å². The van der Waals surface area contributed by atoms with Gasteiger partial charge < -0.3 is 0 Å². The fraction of sp³-hybridized carbons (Fsp3) is 0. The molecule has 0 radical (unpaired) electrons. The fourth-order valence-electron chi connectivity index (χ4n) is 2.33. The van der Waals surface area contributed by atoms with E-state index < -0.39 is 0 Å². The summed E-state index contributed by atoms with van der Waals surface area (Å²) in [5.74, 6) is 0. The second-order valence-corrected chi connectivity index (χ2v) is 5.38. The number of pyridine rings is 1. The lowest BCUT2D eigenvalue weighted by molar-refractivity contribution is 0.802. The second-order valence-electron chi connectivity index (χ2n) is 4.94. The van der Waals surface area contributed by atoms with Crippen LogP contribution in [-0.4, -0.2) is 20.0 Å². The number of hydrogen-bond acceptors (Lipinski definition) is 3. The molecule has 4 rings (SSSR count). The second kappa shape index (κ2) is 5.24. The summed E-state index contributed by atoms with van der Waals surface area (Å²) in [6.07, 6.45) is 3.68. The Hall–Kier alpha value is -2.72. The lowest BCUT2D eigenvalue weighted by Gasteiger charge is -2.01. The standard InChI is InChI=1S/C17H11ClN4/c18-14-7-5-12(6-8-14)17-11-22(21-20-17)15-9-13-3-1-2-4-16(13)19-10-15/h1-11H. The summed E-state index contributed by atoms with van der Waals surface area (Å²) in [5, 5.41) is 10.2. The Bertz CT molecular complexity index is 944. The highest BCUT2D eigenvalue weighted by Crippen LogP contribution is 2.21. The largest absolute Gasteiger partial charge is 0.254 e. The quantitative estimate of drug-likeness (QED) is 0.559. The smallest absolute Gasteiger partial charge is 0.113 e. The Labute approximate surface area is 132 Å². The van der Waals surface area contributed by atoms with Gasteiger partial charge in [-0.3, -0.25) is 4.98 Å². The summed E-state index contributed by atoms with van der Waals surface area (Å²) in [6.45, 7) is 0. The van der Waals surface area contributed by atoms with Gasteiger partial charge in [0.25, 0.3) is 0 Å². The Kier molecular flexibility index (Phi) is 3.09. The number of para-hydroxylation sites is 1. The molecule has 0 aliphatic heterocycles. The molecule has 2 aromatic carbocycles. The summed E-state index contributed by atoms with van der Waals surface area (Å²) < 4.78 is 1.73. The predicted octanol–water partition coefficient (Wildman–Crippen LogP) is 4.14. The average molecular weight is 307 g/mol. The molecule has 4 aromatic rings. The lowest BCUT2D eigenvalue weighted by Crippen LogP contribution is -1.95. The van der Waals surface area contributed by atoms with Gasteiger partial charge in [0.2, 0.25) is 0 Å². The van der Waals surface area contributed by atoms with Gasteiger partial charge in [-0.15, -0.1) is 5.10 Å². The number of nitrogens with zero attached hydrogens (tertiary/aromatic N) is 4. The maximum atomic E-state index is 5.91. The molecule has 2 aromatic heterocycles. The van der Waals surface area contributed by atoms with E-state index in [1.54, 1.807) is 10.9 Å². The third kappa shape index (κ3) is 2.34. The summed E-state index contributed by atoms with van der Waals surface area (Å²) in [7, 11) is 0. The first-order chi connectivity index (χ1) is 10.8. The molecule has 0 atom stereocenters. The van der Waals surface area contributed by atoms with Crippen LogP contribution in [0.5, 0.6) is 0 Å². The number of benzene rings is 2. The van der Waals surface area contributed by atoms with Gasteiger partial charge in [0.05, 0.1) is 23.6 Å². The van der Waals surface area contributed by atoms with E-state index in [4.69, 9.17) is 11.6 Å². The molecule has 5 heteroatoms. The van der Waals surface area contributed by atoms with E-state index in [9.17, 15) is 0 Å². The molecule has 0 amide bonds. The minimum absolute atomic E-state index is 0.704. The molecular weight excluding hydrogens is 296 g/mol. The van der Waals surface area contributed by atoms with Crippen molar-refractivity contribution in [2.75, 3.05) is 0 Å². The molecule has 106 valence electrons. The van der Waals surface area contributed by atoms with Crippen molar-refractivity contribution in [2.24, 2.45) is 0 Å². The first-order valence-electron chi connectivity index (χ1n) is 6.83. The Balaban J connectivity index is 1.74. The Morgan fingerprint density at radius 1 is 0.955 bits per heavy atom. The van der Waals surface area contributed by atoms with Crippen LogP contribution in [0.1, 0.15) is 0 Å². The number of halogens is 1. The molecule has 0 spiro atoms. The van der Waals surface area contributed by atoms with Gasteiger partial charge >= 0.3 is 0 Å². The predicted molar refractivity (Wildman–Crippen MR) is 87.1 cm³/mol. The van der Waals surface area contributed by atoms with Crippen molar-refractivity contribution < 1.29 is 0 Å². The van der Waals surface area contributed by atoms with E-state index in [1.165, 1.54) is 0 Å². The van der Waals surface area contributed by atoms with Crippen molar-refractivity contribution in [1.29, 1.82) is 0 Å². The van der Waals surface area contributed by atoms with E-state index >= 15 is 0 Å². The molecule has 0 N–H and O–H groups in total. The molecule has 0 saturated heterocycles. The van der Waals surface area contributed by atoms with Gasteiger partial charge in [-0.05, 0) is 24.3 Å². The maximum Gasteiger partial charge on any atom is 0.113 e. The highest BCUT2D eigenvalue weighted by molar-refractivity contribution is 6.30. The van der Waals surface area contributed by atoms with Crippen LogP contribution in [0.3, 0.4) is 0 Å². The van der Waals surface area contributed by atoms with E-state index in [-0.39, 0.29) is 0 Å². The first-order valence-corrected chi connectivity index (χ1v) is 7.21. The molecule has 0 fully saturated rings. The molecule has 0 aliphatic rings. The zero-order valence-corrected chi connectivity index (χ0v) is 12.3. The van der Waals surface area contributed by atoms with E-state index in [1.807, 2.05) is 60.8 Å². The van der Waals surface area contributed by atoms with Crippen LogP contribution >= 0.6 is 11.6 Å². The number of fused-ring (bicyclic) bond motifs is 1. The minimum atomic E-state index is 0.704. The number of hydrogen-bond donors (Lipinski definition) is 0. The summed E-state index contributed by atoms with van der Waals surface area (Å²) >= 11 is 5.91. The highest BCUT2D eigenvalue weighted by Gasteiger charge is 2.06. The Morgan fingerprint density at radius 2 is 1.77 bits per heavy atom. The van der Waals surface area contributed by atoms with Crippen LogP contribution in [0, 0.1) is 0 Å². The molecule has 0 aliphatic carbocycles. The van der Waals surface area contributed by atoms with Gasteiger partial charge in [-0.1, -0.05) is 47.1 Å². The maximum absolute atomic E-state index is 5.91. The third-order valence-corrected chi connectivity index (χ3v) is 3.73. The molecule has 0 saturated carbocycles. The van der Waals surface area contributed by atoms with E-state index in [2.05, 4.69) is 15.3 Å². The van der Waals surface area contributed by atoms with E-state index in [0.29, 0.717) is 5.02 Å². The van der Waals surface area contributed by atoms with Crippen molar-refractivity contribution in [3.8, 4) is 16.9 Å². The van der Waals surface area contributed by atoms with Crippen LogP contribution in [0.15, 0.2) is 67.0 Å². The normalized spacial score (nSPS) is 11.0. The molecular formula is C17H11ClN4. The Morgan fingerprint density at radius 3 is 2.64 bits per heavy atom. The van der Waals surface area contributed by atoms with Crippen molar-refractivity contribution in [1.82, 2.24) is 20.0 Å². The number of aromatic nitrogens is 4. The SMILES string of the molecule is Clc1ccc(-c2cn(-c3cnc4ccccc4c3)nn2)cc1. The fourth-order valence-corrected chi connectivity index (χ4v) is 2.45. The van der Waals surface area contributed by atoms with Crippen molar-refractivity contribution in [2.45, 2.75) is 0 Å². The van der Waals surface area contributed by atoms with Crippen LogP contribution in [0.2, 0.25) is 5.02 Å². The first kappa shape index (κ1) is 13.0. The van der Waals surface area contributed by atoms with Gasteiger partial charge in [-0.25, -0.2) is 4.68 Å². The van der Waals surface area contributed by atoms with Gasteiger partial charge in [0.15, 0.2) is 0 Å². The minimum Gasteiger partial charge on any atom is -0.254 e. The molecule has 4 nitrogen and oxygen atoms in total. The molecule has 0 bridgehead atoms. The lowest BCUT2D eigenvalue weighted by atomic mass is 10.2. The summed E-state index contributed by atoms with van der Waals surface area (Å²) in [5.41, 5.74) is 3.62. The van der Waals surface area contributed by atoms with Gasteiger partial charge in [0.1, 0.15) is 5.69 Å². The highest BCUT2D eigenvalue weighted by atomic mass is 35.5. The van der Waals surface area contributed by atoms with Gasteiger partial charge in [-0.2, -0.15) is 0 Å². The van der Waals surface area contributed by atoms with Crippen molar-refractivity contribution >= 4 is 22.5 Å². The van der Waals surface area contributed by atoms with Crippen LogP contribution in [0.25, 0.3) is 27.8 Å². The zero-order valence-electron chi connectivity index (χ0n) is 11.5. The zero-order chi connectivity index (χ0) is 14.9. The van der Waals surface area contributed by atoms with E-state index in [0.717, 1.165) is 27.8 Å². The van der Waals surface area contributed by atoms with Crippen LogP contribution in [0.4, 0.5) is 0 Å². The average Bonchev–Trinajstić information content (AvgIpc) is 3.05. The van der Waals surface area contributed by atoms with Crippen LogP contribution in [-0.2, 0) is 0 Å². The molecule has 2 heterocycles. The summed E-state index contributed by atoms with van der Waals surface area (Å²) in [6, 6.07) is 17.6. The topological polar surface area (TPSA) is 43.6 Å².